The van der Waals surface area contributed by atoms with Crippen LogP contribution in [0.2, 0.25) is 0 Å². The van der Waals surface area contributed by atoms with E-state index in [1.165, 1.54) is 0 Å². The maximum absolute atomic E-state index is 8.81. The van der Waals surface area contributed by atoms with Crippen molar-refractivity contribution in [3.05, 3.63) is 23.8 Å². The van der Waals surface area contributed by atoms with Gasteiger partial charge in [0.15, 0.2) is 17.6 Å². The van der Waals surface area contributed by atoms with Crippen molar-refractivity contribution in [2.75, 3.05) is 7.11 Å². The molecule has 0 aliphatic rings. The van der Waals surface area contributed by atoms with Gasteiger partial charge in [-0.05, 0) is 24.1 Å². The van der Waals surface area contributed by atoms with Gasteiger partial charge in [-0.3, -0.25) is 0 Å². The number of alkyl halides is 1. The van der Waals surface area contributed by atoms with Crippen LogP contribution < -0.4 is 9.47 Å². The van der Waals surface area contributed by atoms with Crippen LogP contribution in [0.5, 0.6) is 11.5 Å². The molecule has 0 aliphatic heterocycles. The molecule has 0 amide bonds. The topological polar surface area (TPSA) is 42.2 Å². The average Bonchev–Trinajstić information content (AvgIpc) is 2.35. The van der Waals surface area contributed by atoms with Crippen LogP contribution in [0.1, 0.15) is 18.9 Å². The van der Waals surface area contributed by atoms with Crippen LogP contribution >= 0.6 is 11.6 Å². The van der Waals surface area contributed by atoms with Crippen molar-refractivity contribution in [2.24, 2.45) is 0 Å². The van der Waals surface area contributed by atoms with Gasteiger partial charge in [0.1, 0.15) is 6.07 Å². The second kappa shape index (κ2) is 6.24. The molecule has 0 saturated carbocycles. The molecule has 1 unspecified atom stereocenters. The lowest BCUT2D eigenvalue weighted by atomic mass is 10.2. The quantitative estimate of drug-likeness (QED) is 0.742. The molecule has 1 aromatic carbocycles. The van der Waals surface area contributed by atoms with E-state index in [4.69, 9.17) is 26.3 Å². The van der Waals surface area contributed by atoms with Gasteiger partial charge in [0.05, 0.1) is 7.11 Å². The fraction of sp³-hybridized carbons (Fsp3) is 0.417. The molecule has 1 aromatic rings. The van der Waals surface area contributed by atoms with Gasteiger partial charge in [0.2, 0.25) is 0 Å². The molecule has 0 aliphatic carbocycles. The summed E-state index contributed by atoms with van der Waals surface area (Å²) in [5.74, 6) is 1.60. The molecular formula is C12H14ClNO2. The number of halogens is 1. The highest BCUT2D eigenvalue weighted by Gasteiger charge is 2.11. The monoisotopic (exact) mass is 239 g/mol. The highest BCUT2D eigenvalue weighted by molar-refractivity contribution is 6.17. The Labute approximate surface area is 101 Å². The lowest BCUT2D eigenvalue weighted by Gasteiger charge is -2.14. The molecule has 3 nitrogen and oxygen atoms in total. The molecule has 1 atom stereocenters. The minimum Gasteiger partial charge on any atom is -0.493 e. The largest absolute Gasteiger partial charge is 0.493 e. The second-order valence-electron chi connectivity index (χ2n) is 3.26. The molecule has 0 spiro atoms. The van der Waals surface area contributed by atoms with E-state index in [0.29, 0.717) is 23.8 Å². The normalized spacial score (nSPS) is 11.6. The molecule has 16 heavy (non-hydrogen) atoms. The summed E-state index contributed by atoms with van der Waals surface area (Å²) in [7, 11) is 1.56. The summed E-state index contributed by atoms with van der Waals surface area (Å²) < 4.78 is 10.7. The van der Waals surface area contributed by atoms with Gasteiger partial charge in [0.25, 0.3) is 0 Å². The molecular weight excluding hydrogens is 226 g/mol. The van der Waals surface area contributed by atoms with E-state index in [1.54, 1.807) is 13.2 Å². The Balaban J connectivity index is 2.91. The maximum Gasteiger partial charge on any atom is 0.184 e. The van der Waals surface area contributed by atoms with E-state index in [2.05, 4.69) is 6.07 Å². The first-order chi connectivity index (χ1) is 7.74. The summed E-state index contributed by atoms with van der Waals surface area (Å²) in [5, 5.41) is 8.81. The molecule has 0 saturated heterocycles. The number of hydrogen-bond donors (Lipinski definition) is 0. The van der Waals surface area contributed by atoms with Crippen LogP contribution in [-0.4, -0.2) is 13.2 Å². The van der Waals surface area contributed by atoms with Crippen molar-refractivity contribution in [3.63, 3.8) is 0 Å². The van der Waals surface area contributed by atoms with Crippen molar-refractivity contribution in [1.29, 1.82) is 5.26 Å². The number of benzene rings is 1. The highest BCUT2D eigenvalue weighted by atomic mass is 35.5. The Hall–Kier alpha value is -1.40. The van der Waals surface area contributed by atoms with E-state index in [1.807, 2.05) is 19.1 Å². The van der Waals surface area contributed by atoms with Crippen LogP contribution in [0.15, 0.2) is 18.2 Å². The molecule has 86 valence electrons. The average molecular weight is 240 g/mol. The third kappa shape index (κ3) is 3.04. The van der Waals surface area contributed by atoms with Gasteiger partial charge < -0.3 is 9.47 Å². The fourth-order valence-corrected chi connectivity index (χ4v) is 1.41. The van der Waals surface area contributed by atoms with Crippen LogP contribution in [0.4, 0.5) is 0 Å². The first kappa shape index (κ1) is 12.7. The SMILES string of the molecule is CCC(C#N)Oc1ccc(CCl)cc1OC. The number of nitrogens with zero attached hydrogens (tertiary/aromatic N) is 1. The maximum atomic E-state index is 8.81. The van der Waals surface area contributed by atoms with Crippen molar-refractivity contribution in [1.82, 2.24) is 0 Å². The van der Waals surface area contributed by atoms with Gasteiger partial charge in [-0.2, -0.15) is 5.26 Å². The minimum atomic E-state index is -0.448. The molecule has 1 rings (SSSR count). The van der Waals surface area contributed by atoms with E-state index in [9.17, 15) is 0 Å². The van der Waals surface area contributed by atoms with Crippen molar-refractivity contribution < 1.29 is 9.47 Å². The second-order valence-corrected chi connectivity index (χ2v) is 3.53. The standard InChI is InChI=1S/C12H14ClNO2/c1-3-10(8-14)16-11-5-4-9(7-13)6-12(11)15-2/h4-6,10H,3,7H2,1-2H3. The molecule has 0 aromatic heterocycles. The first-order valence-corrected chi connectivity index (χ1v) is 5.57. The molecule has 0 radical (unpaired) electrons. The number of ether oxygens (including phenoxy) is 2. The van der Waals surface area contributed by atoms with Gasteiger partial charge >= 0.3 is 0 Å². The van der Waals surface area contributed by atoms with E-state index < -0.39 is 6.10 Å². The number of nitriles is 1. The summed E-state index contributed by atoms with van der Waals surface area (Å²) >= 11 is 5.72. The Morgan fingerprint density at radius 2 is 2.19 bits per heavy atom. The lowest BCUT2D eigenvalue weighted by Crippen LogP contribution is -2.12. The van der Waals surface area contributed by atoms with Crippen molar-refractivity contribution in [3.8, 4) is 17.6 Å². The number of methoxy groups -OCH3 is 1. The van der Waals surface area contributed by atoms with Gasteiger partial charge in [-0.15, -0.1) is 11.6 Å². The predicted octanol–water partition coefficient (Wildman–Crippen LogP) is 3.11. The Morgan fingerprint density at radius 1 is 1.44 bits per heavy atom. The number of hydrogen-bond acceptors (Lipinski definition) is 3. The molecule has 0 N–H and O–H groups in total. The smallest absolute Gasteiger partial charge is 0.184 e. The summed E-state index contributed by atoms with van der Waals surface area (Å²) in [5.41, 5.74) is 0.955. The summed E-state index contributed by atoms with van der Waals surface area (Å²) in [4.78, 5) is 0. The van der Waals surface area contributed by atoms with Crippen molar-refractivity contribution in [2.45, 2.75) is 25.3 Å². The third-order valence-corrected chi connectivity index (χ3v) is 2.47. The summed E-state index contributed by atoms with van der Waals surface area (Å²) in [6, 6.07) is 7.52. The van der Waals surface area contributed by atoms with Gasteiger partial charge in [-0.25, -0.2) is 0 Å². The van der Waals surface area contributed by atoms with E-state index >= 15 is 0 Å². The Bertz CT molecular complexity index is 387. The zero-order chi connectivity index (χ0) is 12.0. The van der Waals surface area contributed by atoms with Crippen LogP contribution in [0.3, 0.4) is 0 Å². The van der Waals surface area contributed by atoms with Crippen LogP contribution in [0, 0.1) is 11.3 Å². The first-order valence-electron chi connectivity index (χ1n) is 5.04. The molecule has 4 heteroatoms. The summed E-state index contributed by atoms with van der Waals surface area (Å²) in [6.07, 6.45) is 0.187. The molecule has 0 heterocycles. The predicted molar refractivity (Wildman–Crippen MR) is 62.9 cm³/mol. The van der Waals surface area contributed by atoms with Gasteiger partial charge in [0, 0.05) is 5.88 Å². The van der Waals surface area contributed by atoms with E-state index in [0.717, 1.165) is 5.56 Å². The van der Waals surface area contributed by atoms with Crippen LogP contribution in [0.25, 0.3) is 0 Å². The Morgan fingerprint density at radius 3 is 2.69 bits per heavy atom. The Kier molecular flexibility index (Phi) is 4.94. The number of rotatable bonds is 5. The lowest BCUT2D eigenvalue weighted by molar-refractivity contribution is 0.239. The molecule has 0 bridgehead atoms. The minimum absolute atomic E-state index is 0.423. The third-order valence-electron chi connectivity index (χ3n) is 2.17. The zero-order valence-corrected chi connectivity index (χ0v) is 10.1. The molecule has 0 fully saturated rings. The van der Waals surface area contributed by atoms with E-state index in [-0.39, 0.29) is 0 Å². The van der Waals surface area contributed by atoms with Crippen molar-refractivity contribution >= 4 is 11.6 Å². The van der Waals surface area contributed by atoms with Gasteiger partial charge in [-0.1, -0.05) is 13.0 Å². The summed E-state index contributed by atoms with van der Waals surface area (Å²) in [6.45, 7) is 1.90. The fourth-order valence-electron chi connectivity index (χ4n) is 1.25. The highest BCUT2D eigenvalue weighted by Crippen LogP contribution is 2.29. The zero-order valence-electron chi connectivity index (χ0n) is 9.37. The van der Waals surface area contributed by atoms with Crippen LogP contribution in [-0.2, 0) is 5.88 Å².